The molecule has 1 heterocycles. The first-order valence-electron chi connectivity index (χ1n) is 6.84. The van der Waals surface area contributed by atoms with E-state index in [4.69, 9.17) is 4.74 Å². The van der Waals surface area contributed by atoms with Gasteiger partial charge in [0.1, 0.15) is 18.1 Å². The second-order valence-electron chi connectivity index (χ2n) is 4.62. The van der Waals surface area contributed by atoms with Crippen molar-refractivity contribution in [1.29, 1.82) is 0 Å². The number of hydrogen-bond acceptors (Lipinski definition) is 4. The number of pyridine rings is 1. The van der Waals surface area contributed by atoms with Crippen LogP contribution in [0.2, 0.25) is 0 Å². The molecule has 0 atom stereocenters. The summed E-state index contributed by atoms with van der Waals surface area (Å²) in [5.41, 5.74) is 1.93. The van der Waals surface area contributed by atoms with Gasteiger partial charge < -0.3 is 15.2 Å². The van der Waals surface area contributed by atoms with Crippen molar-refractivity contribution in [2.75, 3.05) is 6.54 Å². The molecule has 2 rings (SSSR count). The monoisotopic (exact) mass is 272 g/mol. The molecule has 1 aromatic heterocycles. The highest BCUT2D eigenvalue weighted by atomic mass is 16.5. The second-order valence-corrected chi connectivity index (χ2v) is 4.62. The molecule has 0 saturated heterocycles. The molecule has 2 aromatic rings. The predicted molar refractivity (Wildman–Crippen MR) is 78.7 cm³/mol. The van der Waals surface area contributed by atoms with Crippen LogP contribution in [0, 0.1) is 0 Å². The third kappa shape index (κ3) is 4.55. The molecule has 4 heteroatoms. The minimum Gasteiger partial charge on any atom is -0.508 e. The van der Waals surface area contributed by atoms with E-state index in [1.807, 2.05) is 18.2 Å². The number of phenolic OH excluding ortho intramolecular Hbond substituents is 1. The molecule has 0 unspecified atom stereocenters. The van der Waals surface area contributed by atoms with Crippen LogP contribution < -0.4 is 10.1 Å². The quantitative estimate of drug-likeness (QED) is 0.761. The van der Waals surface area contributed by atoms with E-state index in [0.29, 0.717) is 6.61 Å². The maximum Gasteiger partial charge on any atom is 0.138 e. The van der Waals surface area contributed by atoms with Crippen LogP contribution in [0.1, 0.15) is 24.6 Å². The largest absolute Gasteiger partial charge is 0.508 e. The number of aromatic nitrogens is 1. The van der Waals surface area contributed by atoms with Crippen molar-refractivity contribution in [3.63, 3.8) is 0 Å². The first-order chi connectivity index (χ1) is 9.78. The van der Waals surface area contributed by atoms with Gasteiger partial charge in [-0.1, -0.05) is 19.1 Å². The number of nitrogens with one attached hydrogen (secondary N) is 1. The van der Waals surface area contributed by atoms with E-state index in [0.717, 1.165) is 36.5 Å². The van der Waals surface area contributed by atoms with E-state index in [9.17, 15) is 5.11 Å². The molecular formula is C16H20N2O2. The van der Waals surface area contributed by atoms with Gasteiger partial charge in [-0.3, -0.25) is 4.98 Å². The molecule has 2 N–H and O–H groups in total. The van der Waals surface area contributed by atoms with Crippen LogP contribution in [0.15, 0.2) is 42.6 Å². The highest BCUT2D eigenvalue weighted by molar-refractivity contribution is 5.27. The zero-order valence-corrected chi connectivity index (χ0v) is 11.7. The Morgan fingerprint density at radius 1 is 1.25 bits per heavy atom. The van der Waals surface area contributed by atoms with Crippen molar-refractivity contribution >= 4 is 0 Å². The second kappa shape index (κ2) is 7.50. The van der Waals surface area contributed by atoms with Gasteiger partial charge in [-0.15, -0.1) is 0 Å². The summed E-state index contributed by atoms with van der Waals surface area (Å²) >= 11 is 0. The molecule has 4 nitrogen and oxygen atoms in total. The van der Waals surface area contributed by atoms with Gasteiger partial charge in [-0.2, -0.15) is 0 Å². The molecule has 106 valence electrons. The topological polar surface area (TPSA) is 54.4 Å². The summed E-state index contributed by atoms with van der Waals surface area (Å²) in [6, 6.07) is 10.9. The summed E-state index contributed by atoms with van der Waals surface area (Å²) in [6.45, 7) is 4.33. The number of ether oxygens (including phenoxy) is 1. The van der Waals surface area contributed by atoms with Gasteiger partial charge in [0, 0.05) is 6.54 Å². The third-order valence-corrected chi connectivity index (χ3v) is 2.85. The van der Waals surface area contributed by atoms with Crippen LogP contribution in [0.25, 0.3) is 0 Å². The van der Waals surface area contributed by atoms with E-state index < -0.39 is 0 Å². The Kier molecular flexibility index (Phi) is 5.38. The van der Waals surface area contributed by atoms with E-state index in [2.05, 4.69) is 17.2 Å². The highest BCUT2D eigenvalue weighted by Gasteiger charge is 1.99. The van der Waals surface area contributed by atoms with Gasteiger partial charge in [0.2, 0.25) is 0 Å². The Morgan fingerprint density at radius 3 is 2.85 bits per heavy atom. The van der Waals surface area contributed by atoms with Crippen LogP contribution in [0.3, 0.4) is 0 Å². The van der Waals surface area contributed by atoms with Crippen LogP contribution in [-0.2, 0) is 13.2 Å². The van der Waals surface area contributed by atoms with Gasteiger partial charge in [0.25, 0.3) is 0 Å². The fraction of sp³-hybridized carbons (Fsp3) is 0.312. The summed E-state index contributed by atoms with van der Waals surface area (Å²) in [5.74, 6) is 0.981. The molecule has 0 saturated carbocycles. The lowest BCUT2D eigenvalue weighted by atomic mass is 10.2. The molecule has 0 aliphatic rings. The SMILES string of the molecule is CCCNCc1ccc(OCc2cccc(O)c2)cn1. The fourth-order valence-corrected chi connectivity index (χ4v) is 1.81. The lowest BCUT2D eigenvalue weighted by Gasteiger charge is -2.07. The molecule has 1 aromatic carbocycles. The molecule has 0 aliphatic heterocycles. The number of nitrogens with zero attached hydrogens (tertiary/aromatic N) is 1. The number of aromatic hydroxyl groups is 1. The van der Waals surface area contributed by atoms with Crippen molar-refractivity contribution in [3.05, 3.63) is 53.9 Å². The lowest BCUT2D eigenvalue weighted by Crippen LogP contribution is -2.14. The van der Waals surface area contributed by atoms with Crippen molar-refractivity contribution in [2.24, 2.45) is 0 Å². The van der Waals surface area contributed by atoms with E-state index in [1.165, 1.54) is 0 Å². The van der Waals surface area contributed by atoms with Gasteiger partial charge in [-0.05, 0) is 42.8 Å². The average Bonchev–Trinajstić information content (AvgIpc) is 2.47. The molecule has 0 fully saturated rings. The molecule has 0 amide bonds. The van der Waals surface area contributed by atoms with Crippen LogP contribution in [0.4, 0.5) is 0 Å². The summed E-state index contributed by atoms with van der Waals surface area (Å²) in [4.78, 5) is 4.34. The van der Waals surface area contributed by atoms with E-state index >= 15 is 0 Å². The molecule has 0 bridgehead atoms. The predicted octanol–water partition coefficient (Wildman–Crippen LogP) is 2.87. The molecule has 20 heavy (non-hydrogen) atoms. The summed E-state index contributed by atoms with van der Waals surface area (Å²) in [7, 11) is 0. The Balaban J connectivity index is 1.84. The third-order valence-electron chi connectivity index (χ3n) is 2.85. The molecule has 0 spiro atoms. The van der Waals surface area contributed by atoms with Crippen LogP contribution in [-0.4, -0.2) is 16.6 Å². The van der Waals surface area contributed by atoms with Crippen LogP contribution in [0.5, 0.6) is 11.5 Å². The standard InChI is InChI=1S/C16H20N2O2/c1-2-8-17-10-14-6-7-16(11-18-14)20-12-13-4-3-5-15(19)9-13/h3-7,9,11,17,19H,2,8,10,12H2,1H3. The molecule has 0 aliphatic carbocycles. The van der Waals surface area contributed by atoms with E-state index in [1.54, 1.807) is 24.4 Å². The first kappa shape index (κ1) is 14.3. The number of hydrogen-bond donors (Lipinski definition) is 2. The van der Waals surface area contributed by atoms with Gasteiger partial charge in [0.05, 0.1) is 11.9 Å². The number of benzene rings is 1. The van der Waals surface area contributed by atoms with Gasteiger partial charge >= 0.3 is 0 Å². The smallest absolute Gasteiger partial charge is 0.138 e. The number of phenols is 1. The molecular weight excluding hydrogens is 252 g/mol. The van der Waals surface area contributed by atoms with Crippen molar-refractivity contribution in [1.82, 2.24) is 10.3 Å². The zero-order valence-electron chi connectivity index (χ0n) is 11.7. The van der Waals surface area contributed by atoms with Gasteiger partial charge in [-0.25, -0.2) is 0 Å². The fourth-order valence-electron chi connectivity index (χ4n) is 1.81. The Morgan fingerprint density at radius 2 is 2.15 bits per heavy atom. The summed E-state index contributed by atoms with van der Waals surface area (Å²) in [5, 5.41) is 12.7. The van der Waals surface area contributed by atoms with Crippen molar-refractivity contribution < 1.29 is 9.84 Å². The van der Waals surface area contributed by atoms with Crippen molar-refractivity contribution in [2.45, 2.75) is 26.5 Å². The summed E-state index contributed by atoms with van der Waals surface area (Å²) < 4.78 is 5.63. The van der Waals surface area contributed by atoms with Gasteiger partial charge in [0.15, 0.2) is 0 Å². The Hall–Kier alpha value is -2.07. The number of rotatable bonds is 7. The Bertz CT molecular complexity index is 526. The zero-order chi connectivity index (χ0) is 14.2. The van der Waals surface area contributed by atoms with E-state index in [-0.39, 0.29) is 5.75 Å². The minimum atomic E-state index is 0.251. The summed E-state index contributed by atoms with van der Waals surface area (Å²) in [6.07, 6.45) is 2.84. The minimum absolute atomic E-state index is 0.251. The maximum atomic E-state index is 9.37. The average molecular weight is 272 g/mol. The lowest BCUT2D eigenvalue weighted by molar-refractivity contribution is 0.304. The molecule has 0 radical (unpaired) electrons. The normalized spacial score (nSPS) is 10.4. The maximum absolute atomic E-state index is 9.37. The first-order valence-corrected chi connectivity index (χ1v) is 6.84. The Labute approximate surface area is 119 Å². The van der Waals surface area contributed by atoms with Crippen LogP contribution >= 0.6 is 0 Å². The van der Waals surface area contributed by atoms with Crippen molar-refractivity contribution in [3.8, 4) is 11.5 Å². The highest BCUT2D eigenvalue weighted by Crippen LogP contribution is 2.15.